The fourth-order valence-corrected chi connectivity index (χ4v) is 2.34. The van der Waals surface area contributed by atoms with E-state index in [9.17, 15) is 9.18 Å². The van der Waals surface area contributed by atoms with Gasteiger partial charge in [0, 0.05) is 6.42 Å². The first-order valence-electron chi connectivity index (χ1n) is 7.81. The summed E-state index contributed by atoms with van der Waals surface area (Å²) in [6.45, 7) is 5.77. The van der Waals surface area contributed by atoms with Crippen LogP contribution in [0.5, 0.6) is 5.75 Å². The number of allylic oxidation sites excluding steroid dienone is 3. The molecule has 4 heteroatoms. The molecule has 0 saturated carbocycles. The lowest BCUT2D eigenvalue weighted by Crippen LogP contribution is -2.06. The van der Waals surface area contributed by atoms with Gasteiger partial charge in [-0.2, -0.15) is 0 Å². The molecular weight excluding hydrogens is 295 g/mol. The van der Waals surface area contributed by atoms with Crippen LogP contribution >= 0.6 is 0 Å². The minimum atomic E-state index is -0.660. The molecule has 0 saturated heterocycles. The van der Waals surface area contributed by atoms with E-state index in [4.69, 9.17) is 9.15 Å². The molecule has 3 nitrogen and oxygen atoms in total. The Bertz CT molecular complexity index is 759. The van der Waals surface area contributed by atoms with Gasteiger partial charge in [-0.25, -0.2) is 9.18 Å². The molecule has 0 aliphatic carbocycles. The van der Waals surface area contributed by atoms with Gasteiger partial charge in [-0.15, -0.1) is 6.58 Å². The molecule has 2 aromatic rings. The summed E-state index contributed by atoms with van der Waals surface area (Å²) in [7, 11) is 0. The normalized spacial score (nSPS) is 11.2. The van der Waals surface area contributed by atoms with Gasteiger partial charge in [-0.1, -0.05) is 24.3 Å². The van der Waals surface area contributed by atoms with Crippen molar-refractivity contribution < 1.29 is 13.5 Å². The van der Waals surface area contributed by atoms with Gasteiger partial charge >= 0.3 is 5.63 Å². The highest BCUT2D eigenvalue weighted by Crippen LogP contribution is 2.25. The van der Waals surface area contributed by atoms with E-state index < -0.39 is 11.4 Å². The Morgan fingerprint density at radius 2 is 2.04 bits per heavy atom. The van der Waals surface area contributed by atoms with Crippen LogP contribution in [0.4, 0.5) is 4.39 Å². The number of benzene rings is 1. The Labute approximate surface area is 135 Å². The number of fused-ring (bicyclic) bond motifs is 1. The summed E-state index contributed by atoms with van der Waals surface area (Å²) in [6, 6.07) is 4.94. The van der Waals surface area contributed by atoms with Gasteiger partial charge in [-0.05, 0) is 43.7 Å². The Morgan fingerprint density at radius 1 is 1.26 bits per heavy atom. The van der Waals surface area contributed by atoms with Crippen LogP contribution in [0.3, 0.4) is 0 Å². The SMILES string of the molecule is C=CCC/C=C/CCc1cc2ccc(OCC)c(F)c2c(=O)o1. The summed E-state index contributed by atoms with van der Waals surface area (Å²) in [5.74, 6) is -0.0291. The van der Waals surface area contributed by atoms with Crippen LogP contribution in [0.1, 0.15) is 31.9 Å². The van der Waals surface area contributed by atoms with E-state index in [0.717, 1.165) is 19.3 Å². The second-order valence-corrected chi connectivity index (χ2v) is 5.15. The average molecular weight is 316 g/mol. The maximum absolute atomic E-state index is 14.3. The van der Waals surface area contributed by atoms with Gasteiger partial charge in [-0.3, -0.25) is 0 Å². The third-order valence-electron chi connectivity index (χ3n) is 3.44. The third-order valence-corrected chi connectivity index (χ3v) is 3.44. The van der Waals surface area contributed by atoms with E-state index in [1.807, 2.05) is 12.2 Å². The molecule has 0 atom stereocenters. The maximum atomic E-state index is 14.3. The smallest absolute Gasteiger partial charge is 0.346 e. The molecule has 23 heavy (non-hydrogen) atoms. The van der Waals surface area contributed by atoms with Crippen molar-refractivity contribution in [2.75, 3.05) is 6.61 Å². The number of rotatable bonds is 8. The number of unbranched alkanes of at least 4 members (excludes halogenated alkanes) is 1. The van der Waals surface area contributed by atoms with E-state index in [1.165, 1.54) is 0 Å². The highest BCUT2D eigenvalue weighted by Gasteiger charge is 2.14. The monoisotopic (exact) mass is 316 g/mol. The first-order valence-corrected chi connectivity index (χ1v) is 7.81. The van der Waals surface area contributed by atoms with Gasteiger partial charge in [0.2, 0.25) is 0 Å². The minimum Gasteiger partial charge on any atom is -0.491 e. The highest BCUT2D eigenvalue weighted by molar-refractivity contribution is 5.83. The molecule has 0 aliphatic rings. The quantitative estimate of drug-likeness (QED) is 0.519. The summed E-state index contributed by atoms with van der Waals surface area (Å²) >= 11 is 0. The molecule has 0 spiro atoms. The highest BCUT2D eigenvalue weighted by atomic mass is 19.1. The van der Waals surface area contributed by atoms with E-state index in [-0.39, 0.29) is 11.1 Å². The summed E-state index contributed by atoms with van der Waals surface area (Å²) in [5, 5.41) is 0.481. The summed E-state index contributed by atoms with van der Waals surface area (Å²) < 4.78 is 24.7. The predicted octanol–water partition coefficient (Wildman–Crippen LogP) is 4.79. The average Bonchev–Trinajstić information content (AvgIpc) is 2.53. The second kappa shape index (κ2) is 8.32. The molecule has 1 aromatic carbocycles. The Morgan fingerprint density at radius 3 is 2.78 bits per heavy atom. The molecule has 122 valence electrons. The van der Waals surface area contributed by atoms with Crippen LogP contribution in [0, 0.1) is 5.82 Å². The van der Waals surface area contributed by atoms with Crippen LogP contribution < -0.4 is 10.4 Å². The molecule has 0 amide bonds. The van der Waals surface area contributed by atoms with E-state index in [2.05, 4.69) is 12.7 Å². The molecule has 0 unspecified atom stereocenters. The Kier molecular flexibility index (Phi) is 6.15. The van der Waals surface area contributed by atoms with Gasteiger partial charge in [0.15, 0.2) is 11.6 Å². The van der Waals surface area contributed by atoms with Gasteiger partial charge in [0.1, 0.15) is 11.1 Å². The summed E-state index contributed by atoms with van der Waals surface area (Å²) in [5.41, 5.74) is -0.660. The number of halogens is 1. The zero-order valence-electron chi connectivity index (χ0n) is 13.3. The lowest BCUT2D eigenvalue weighted by Gasteiger charge is -2.07. The lowest BCUT2D eigenvalue weighted by atomic mass is 10.1. The maximum Gasteiger partial charge on any atom is 0.346 e. The van der Waals surface area contributed by atoms with Crippen molar-refractivity contribution in [1.29, 1.82) is 0 Å². The van der Waals surface area contributed by atoms with E-state index >= 15 is 0 Å². The molecule has 0 N–H and O–H groups in total. The van der Waals surface area contributed by atoms with Crippen molar-refractivity contribution in [3.8, 4) is 5.75 Å². The molecule has 1 heterocycles. The van der Waals surface area contributed by atoms with Gasteiger partial charge in [0.05, 0.1) is 6.61 Å². The van der Waals surface area contributed by atoms with Crippen molar-refractivity contribution in [3.63, 3.8) is 0 Å². The fourth-order valence-electron chi connectivity index (χ4n) is 2.34. The first kappa shape index (κ1) is 17.0. The minimum absolute atomic E-state index is 0.0544. The standard InChI is InChI=1S/C19H21FO3/c1-3-5-6-7-8-9-10-15-13-14-11-12-16(22-4-2)18(20)17(14)19(21)23-15/h3,7-8,11-13H,1,4-6,9-10H2,2H3/b8-7+. The summed E-state index contributed by atoms with van der Waals surface area (Å²) in [4.78, 5) is 12.1. The van der Waals surface area contributed by atoms with Gasteiger partial charge < -0.3 is 9.15 Å². The lowest BCUT2D eigenvalue weighted by molar-refractivity contribution is 0.322. The Balaban J connectivity index is 2.18. The molecule has 2 rings (SSSR count). The Hall–Kier alpha value is -2.36. The number of ether oxygens (including phenoxy) is 1. The predicted molar refractivity (Wildman–Crippen MR) is 90.5 cm³/mol. The molecule has 0 fully saturated rings. The van der Waals surface area contributed by atoms with Crippen molar-refractivity contribution >= 4 is 10.8 Å². The zero-order valence-corrected chi connectivity index (χ0v) is 13.3. The van der Waals surface area contributed by atoms with Crippen LogP contribution in [-0.4, -0.2) is 6.61 Å². The van der Waals surface area contributed by atoms with Crippen LogP contribution in [0.2, 0.25) is 0 Å². The van der Waals surface area contributed by atoms with Crippen molar-refractivity contribution in [2.24, 2.45) is 0 Å². The third kappa shape index (κ3) is 4.31. The fraction of sp³-hybridized carbons (Fsp3) is 0.316. The topological polar surface area (TPSA) is 39.4 Å². The molecular formula is C19H21FO3. The van der Waals surface area contributed by atoms with E-state index in [1.54, 1.807) is 25.1 Å². The second-order valence-electron chi connectivity index (χ2n) is 5.15. The molecule has 1 aromatic heterocycles. The number of aryl methyl sites for hydroxylation is 1. The molecule has 0 aliphatic heterocycles. The van der Waals surface area contributed by atoms with Crippen molar-refractivity contribution in [3.05, 3.63) is 65.0 Å². The van der Waals surface area contributed by atoms with Crippen molar-refractivity contribution in [1.82, 2.24) is 0 Å². The largest absolute Gasteiger partial charge is 0.491 e. The molecule has 0 bridgehead atoms. The van der Waals surface area contributed by atoms with Crippen molar-refractivity contribution in [2.45, 2.75) is 32.6 Å². The first-order chi connectivity index (χ1) is 11.2. The van der Waals surface area contributed by atoms with E-state index in [0.29, 0.717) is 24.2 Å². The van der Waals surface area contributed by atoms with Crippen LogP contribution in [0.15, 0.2) is 52.2 Å². The number of hydrogen-bond acceptors (Lipinski definition) is 3. The van der Waals surface area contributed by atoms with Crippen LogP contribution in [0.25, 0.3) is 10.8 Å². The zero-order chi connectivity index (χ0) is 16.7. The number of hydrogen-bond donors (Lipinski definition) is 0. The van der Waals surface area contributed by atoms with Gasteiger partial charge in [0.25, 0.3) is 0 Å². The van der Waals surface area contributed by atoms with Crippen LogP contribution in [-0.2, 0) is 6.42 Å². The summed E-state index contributed by atoms with van der Waals surface area (Å²) in [6.07, 6.45) is 9.27. The molecule has 0 radical (unpaired) electrons.